The lowest BCUT2D eigenvalue weighted by atomic mass is 10.0. The van der Waals surface area contributed by atoms with Crippen LogP contribution in [0.1, 0.15) is 49.4 Å². The number of carbonyl (C=O) groups excluding carboxylic acids is 1. The molecule has 1 aliphatic rings. The van der Waals surface area contributed by atoms with E-state index in [2.05, 4.69) is 22.9 Å². The zero-order chi connectivity index (χ0) is 14.4. The van der Waals surface area contributed by atoms with Crippen LogP contribution in [0.3, 0.4) is 0 Å². The van der Waals surface area contributed by atoms with Crippen LogP contribution >= 0.6 is 15.9 Å². The third-order valence-corrected chi connectivity index (χ3v) is 4.05. The summed E-state index contributed by atoms with van der Waals surface area (Å²) in [5, 5.41) is 0. The van der Waals surface area contributed by atoms with Gasteiger partial charge in [0.1, 0.15) is 5.75 Å². The number of hydrogen-bond donors (Lipinski definition) is 0. The minimum absolute atomic E-state index is 0.170. The van der Waals surface area contributed by atoms with Crippen LogP contribution in [0.5, 0.6) is 5.75 Å². The van der Waals surface area contributed by atoms with E-state index in [1.165, 1.54) is 0 Å². The summed E-state index contributed by atoms with van der Waals surface area (Å²) in [5.74, 6) is 0.964. The minimum atomic E-state index is 0.170. The molecule has 1 aromatic carbocycles. The molecule has 1 fully saturated rings. The highest BCUT2D eigenvalue weighted by Crippen LogP contribution is 2.27. The quantitative estimate of drug-likeness (QED) is 0.691. The van der Waals surface area contributed by atoms with Crippen molar-refractivity contribution in [2.75, 3.05) is 13.2 Å². The van der Waals surface area contributed by atoms with E-state index in [1.54, 1.807) is 0 Å². The fourth-order valence-electron chi connectivity index (χ4n) is 2.31. The number of ketones is 1. The van der Waals surface area contributed by atoms with E-state index in [1.807, 2.05) is 18.2 Å². The van der Waals surface area contributed by atoms with Gasteiger partial charge in [0.2, 0.25) is 0 Å². The number of rotatable bonds is 7. The number of hydrogen-bond acceptors (Lipinski definition) is 3. The summed E-state index contributed by atoms with van der Waals surface area (Å²) in [4.78, 5) is 12.2. The summed E-state index contributed by atoms with van der Waals surface area (Å²) < 4.78 is 12.0. The maximum Gasteiger partial charge on any atom is 0.163 e. The number of benzene rings is 1. The first-order valence-corrected chi connectivity index (χ1v) is 8.07. The van der Waals surface area contributed by atoms with Crippen molar-refractivity contribution in [1.29, 1.82) is 0 Å². The Balaban J connectivity index is 1.90. The number of carbonyl (C=O) groups is 1. The number of ether oxygens (including phenoxy) is 2. The Morgan fingerprint density at radius 1 is 1.50 bits per heavy atom. The summed E-state index contributed by atoms with van der Waals surface area (Å²) in [6, 6.07) is 5.55. The first-order valence-electron chi connectivity index (χ1n) is 7.28. The second-order valence-corrected chi connectivity index (χ2v) is 5.94. The molecule has 0 saturated carbocycles. The van der Waals surface area contributed by atoms with Gasteiger partial charge in [0.15, 0.2) is 5.78 Å². The van der Waals surface area contributed by atoms with Crippen LogP contribution in [0.2, 0.25) is 0 Å². The molecule has 110 valence electrons. The standard InChI is InChI=1S/C16H21BrO3/c1-2-9-20-16-8-5-12(11-14(16)17)15(18)7-6-13-4-3-10-19-13/h5,8,11,13H,2-4,6-7,9-10H2,1H3. The minimum Gasteiger partial charge on any atom is -0.492 e. The molecule has 1 aliphatic heterocycles. The van der Waals surface area contributed by atoms with Gasteiger partial charge in [-0.1, -0.05) is 6.92 Å². The van der Waals surface area contributed by atoms with Crippen LogP contribution in [-0.2, 0) is 4.74 Å². The van der Waals surface area contributed by atoms with Crippen molar-refractivity contribution in [2.24, 2.45) is 0 Å². The van der Waals surface area contributed by atoms with Gasteiger partial charge in [0.25, 0.3) is 0 Å². The first kappa shape index (κ1) is 15.5. The normalized spacial score (nSPS) is 18.2. The van der Waals surface area contributed by atoms with E-state index in [0.29, 0.717) is 13.0 Å². The van der Waals surface area contributed by atoms with Crippen molar-refractivity contribution in [2.45, 2.75) is 45.1 Å². The molecule has 0 aliphatic carbocycles. The molecule has 1 aromatic rings. The van der Waals surface area contributed by atoms with Crippen LogP contribution in [0.4, 0.5) is 0 Å². The highest BCUT2D eigenvalue weighted by Gasteiger charge is 2.17. The maximum absolute atomic E-state index is 12.2. The molecule has 2 rings (SSSR count). The fraction of sp³-hybridized carbons (Fsp3) is 0.562. The topological polar surface area (TPSA) is 35.5 Å². The van der Waals surface area contributed by atoms with Crippen LogP contribution in [0.15, 0.2) is 22.7 Å². The third-order valence-electron chi connectivity index (χ3n) is 3.43. The summed E-state index contributed by atoms with van der Waals surface area (Å²) in [5.41, 5.74) is 0.735. The lowest BCUT2D eigenvalue weighted by Crippen LogP contribution is -2.09. The van der Waals surface area contributed by atoms with E-state index >= 15 is 0 Å². The van der Waals surface area contributed by atoms with Gasteiger partial charge in [-0.15, -0.1) is 0 Å². The molecule has 0 aromatic heterocycles. The summed E-state index contributed by atoms with van der Waals surface area (Å²) in [6.07, 6.45) is 4.81. The number of Topliss-reactive ketones (excluding diaryl/α,β-unsaturated/α-hetero) is 1. The van der Waals surface area contributed by atoms with Crippen molar-refractivity contribution in [3.05, 3.63) is 28.2 Å². The molecule has 0 spiro atoms. The van der Waals surface area contributed by atoms with Crippen LogP contribution in [0, 0.1) is 0 Å². The van der Waals surface area contributed by atoms with E-state index in [9.17, 15) is 4.79 Å². The smallest absolute Gasteiger partial charge is 0.163 e. The van der Waals surface area contributed by atoms with Gasteiger partial charge in [-0.3, -0.25) is 4.79 Å². The van der Waals surface area contributed by atoms with Crippen LogP contribution < -0.4 is 4.74 Å². The monoisotopic (exact) mass is 340 g/mol. The van der Waals surface area contributed by atoms with Crippen molar-refractivity contribution in [3.8, 4) is 5.75 Å². The predicted octanol–water partition coefficient (Wildman–Crippen LogP) is 4.38. The maximum atomic E-state index is 12.2. The van der Waals surface area contributed by atoms with Gasteiger partial charge in [-0.05, 0) is 59.8 Å². The summed E-state index contributed by atoms with van der Waals surface area (Å²) in [6.45, 7) is 3.59. The Hall–Kier alpha value is -0.870. The Bertz CT molecular complexity index is 453. The predicted molar refractivity (Wildman–Crippen MR) is 82.5 cm³/mol. The molecule has 0 amide bonds. The molecule has 1 saturated heterocycles. The third kappa shape index (κ3) is 4.32. The molecule has 1 atom stereocenters. The van der Waals surface area contributed by atoms with Gasteiger partial charge in [-0.25, -0.2) is 0 Å². The van der Waals surface area contributed by atoms with E-state index in [4.69, 9.17) is 9.47 Å². The highest BCUT2D eigenvalue weighted by atomic mass is 79.9. The van der Waals surface area contributed by atoms with Gasteiger partial charge in [0.05, 0.1) is 17.2 Å². The molecule has 0 N–H and O–H groups in total. The van der Waals surface area contributed by atoms with Crippen LogP contribution in [-0.4, -0.2) is 25.1 Å². The first-order chi connectivity index (χ1) is 9.70. The van der Waals surface area contributed by atoms with Gasteiger partial charge >= 0.3 is 0 Å². The fourth-order valence-corrected chi connectivity index (χ4v) is 2.81. The average Bonchev–Trinajstić information content (AvgIpc) is 2.96. The molecule has 20 heavy (non-hydrogen) atoms. The van der Waals surface area contributed by atoms with Crippen molar-refractivity contribution < 1.29 is 14.3 Å². The molecular weight excluding hydrogens is 320 g/mol. The van der Waals surface area contributed by atoms with E-state index in [-0.39, 0.29) is 11.9 Å². The molecular formula is C16H21BrO3. The molecule has 1 heterocycles. The van der Waals surface area contributed by atoms with Gasteiger partial charge in [0, 0.05) is 18.6 Å². The van der Waals surface area contributed by atoms with Gasteiger partial charge in [-0.2, -0.15) is 0 Å². The van der Waals surface area contributed by atoms with Crippen molar-refractivity contribution >= 4 is 21.7 Å². The average molecular weight is 341 g/mol. The summed E-state index contributed by atoms with van der Waals surface area (Å²) in [7, 11) is 0. The van der Waals surface area contributed by atoms with E-state index < -0.39 is 0 Å². The van der Waals surface area contributed by atoms with Crippen molar-refractivity contribution in [1.82, 2.24) is 0 Å². The zero-order valence-electron chi connectivity index (χ0n) is 11.9. The van der Waals surface area contributed by atoms with Gasteiger partial charge < -0.3 is 9.47 Å². The lowest BCUT2D eigenvalue weighted by molar-refractivity contribution is 0.0859. The SMILES string of the molecule is CCCOc1ccc(C(=O)CCC2CCCO2)cc1Br. The van der Waals surface area contributed by atoms with E-state index in [0.717, 1.165) is 48.1 Å². The lowest BCUT2D eigenvalue weighted by Gasteiger charge is -2.10. The Kier molecular flexibility index (Phi) is 6.05. The Labute approximate surface area is 128 Å². The Morgan fingerprint density at radius 3 is 3.00 bits per heavy atom. The molecule has 0 bridgehead atoms. The molecule has 1 unspecified atom stereocenters. The second-order valence-electron chi connectivity index (χ2n) is 5.09. The molecule has 4 heteroatoms. The Morgan fingerprint density at radius 2 is 2.35 bits per heavy atom. The van der Waals surface area contributed by atoms with Crippen molar-refractivity contribution in [3.63, 3.8) is 0 Å². The largest absolute Gasteiger partial charge is 0.492 e. The number of halogens is 1. The van der Waals surface area contributed by atoms with Crippen LogP contribution in [0.25, 0.3) is 0 Å². The molecule has 3 nitrogen and oxygen atoms in total. The summed E-state index contributed by atoms with van der Waals surface area (Å²) >= 11 is 3.46. The zero-order valence-corrected chi connectivity index (χ0v) is 13.4. The molecule has 0 radical (unpaired) electrons. The highest BCUT2D eigenvalue weighted by molar-refractivity contribution is 9.10. The second kappa shape index (κ2) is 7.79.